The molecule has 3 atom stereocenters. The molecule has 1 N–H and O–H groups in total. The molecule has 0 aliphatic heterocycles. The lowest BCUT2D eigenvalue weighted by Crippen LogP contribution is -2.06. The summed E-state index contributed by atoms with van der Waals surface area (Å²) in [6.45, 7) is 6.72. The maximum Gasteiger partial charge on any atom is 0.357 e. The van der Waals surface area contributed by atoms with Crippen LogP contribution in [0.1, 0.15) is 83.6 Å². The summed E-state index contributed by atoms with van der Waals surface area (Å²) in [6.07, 6.45) is 10.3. The molecule has 0 saturated heterocycles. The fourth-order valence-electron chi connectivity index (χ4n) is 3.16. The van der Waals surface area contributed by atoms with Gasteiger partial charge >= 0.3 is 11.4 Å². The minimum atomic E-state index is -2.27. The Morgan fingerprint density at radius 3 is 2.43 bits per heavy atom. The fraction of sp³-hybridized carbons (Fsp3) is 0.684. The van der Waals surface area contributed by atoms with Crippen molar-refractivity contribution in [1.82, 2.24) is 0 Å². The molecule has 0 bridgehead atoms. The molecule has 1 rings (SSSR count). The van der Waals surface area contributed by atoms with Gasteiger partial charge in [-0.15, -0.1) is 0 Å². The lowest BCUT2D eigenvalue weighted by Gasteiger charge is -2.19. The van der Waals surface area contributed by atoms with Gasteiger partial charge in [0.15, 0.2) is 0 Å². The highest BCUT2D eigenvalue weighted by Gasteiger charge is 2.16. The molecule has 0 aliphatic rings. The van der Waals surface area contributed by atoms with Crippen molar-refractivity contribution in [1.29, 1.82) is 0 Å². The summed E-state index contributed by atoms with van der Waals surface area (Å²) in [5.74, 6) is 1.50. The zero-order valence-corrected chi connectivity index (χ0v) is 15.6. The van der Waals surface area contributed by atoms with Crippen molar-refractivity contribution in [2.75, 3.05) is 0 Å². The van der Waals surface area contributed by atoms with Crippen LogP contribution < -0.4 is 4.18 Å². The third-order valence-corrected chi connectivity index (χ3v) is 4.74. The molecule has 0 fully saturated rings. The Morgan fingerprint density at radius 1 is 1.09 bits per heavy atom. The maximum absolute atomic E-state index is 10.9. The Kier molecular flexibility index (Phi) is 10.2. The van der Waals surface area contributed by atoms with Crippen LogP contribution in [0.5, 0.6) is 5.75 Å². The van der Waals surface area contributed by atoms with E-state index < -0.39 is 11.4 Å². The number of unbranched alkanes of at least 4 members (excludes halogenated alkanes) is 5. The molecule has 3 nitrogen and oxygen atoms in total. The smallest absolute Gasteiger partial charge is 0.357 e. The maximum atomic E-state index is 10.9. The third-order valence-electron chi connectivity index (χ3n) is 4.42. The Bertz CT molecular complexity index is 462. The van der Waals surface area contributed by atoms with Gasteiger partial charge in [0, 0.05) is 0 Å². The first kappa shape index (κ1) is 20.2. The van der Waals surface area contributed by atoms with E-state index in [1.807, 2.05) is 18.2 Å². The second kappa shape index (κ2) is 11.6. The van der Waals surface area contributed by atoms with Gasteiger partial charge in [-0.05, 0) is 29.9 Å². The minimum absolute atomic E-state index is 0.324. The summed E-state index contributed by atoms with van der Waals surface area (Å²) in [6, 6.07) is 7.54. The van der Waals surface area contributed by atoms with Gasteiger partial charge in [0.25, 0.3) is 0 Å². The highest BCUT2D eigenvalue weighted by Crippen LogP contribution is 2.32. The second-order valence-electron chi connectivity index (χ2n) is 6.64. The summed E-state index contributed by atoms with van der Waals surface area (Å²) in [5.41, 5.74) is 1.02. The molecule has 0 aliphatic carbocycles. The van der Waals surface area contributed by atoms with Gasteiger partial charge in [-0.2, -0.15) is 4.21 Å². The molecule has 0 amide bonds. The molecule has 23 heavy (non-hydrogen) atoms. The zero-order chi connectivity index (χ0) is 17.1. The Morgan fingerprint density at radius 2 is 1.74 bits per heavy atom. The first-order chi connectivity index (χ1) is 11.0. The first-order valence-electron chi connectivity index (χ1n) is 8.92. The van der Waals surface area contributed by atoms with Crippen LogP contribution in [0.3, 0.4) is 0 Å². The van der Waals surface area contributed by atoms with E-state index in [0.29, 0.717) is 17.6 Å². The van der Waals surface area contributed by atoms with Crippen molar-refractivity contribution in [3.63, 3.8) is 0 Å². The van der Waals surface area contributed by atoms with E-state index in [9.17, 15) is 4.21 Å². The van der Waals surface area contributed by atoms with Crippen LogP contribution in [0.4, 0.5) is 0 Å². The highest BCUT2D eigenvalue weighted by atomic mass is 32.2. The van der Waals surface area contributed by atoms with Gasteiger partial charge in [0.05, 0.1) is 0 Å². The summed E-state index contributed by atoms with van der Waals surface area (Å²) < 4.78 is 24.9. The van der Waals surface area contributed by atoms with E-state index in [4.69, 9.17) is 8.74 Å². The van der Waals surface area contributed by atoms with Crippen molar-refractivity contribution in [2.24, 2.45) is 5.92 Å². The van der Waals surface area contributed by atoms with E-state index in [-0.39, 0.29) is 0 Å². The van der Waals surface area contributed by atoms with E-state index in [2.05, 4.69) is 20.8 Å². The molecule has 0 radical (unpaired) electrons. The van der Waals surface area contributed by atoms with Crippen LogP contribution in [-0.4, -0.2) is 8.76 Å². The number of rotatable bonds is 12. The van der Waals surface area contributed by atoms with E-state index in [1.54, 1.807) is 6.07 Å². The molecule has 0 spiro atoms. The van der Waals surface area contributed by atoms with E-state index in [0.717, 1.165) is 12.0 Å². The Labute approximate surface area is 144 Å². The monoisotopic (exact) mass is 340 g/mol. The predicted molar refractivity (Wildman–Crippen MR) is 98.0 cm³/mol. The SMILES string of the molecule is CCCCCCCCC(C)CC(C)c1ccccc1OS(=O)O. The number of hydrogen-bond acceptors (Lipinski definition) is 2. The lowest BCUT2D eigenvalue weighted by molar-refractivity contribution is 0.419. The standard InChI is InChI=1S/C19H32O3S/c1-4-5-6-7-8-9-12-16(2)15-17(3)18-13-10-11-14-19(18)22-23(20)21/h10-11,13-14,16-17H,4-9,12,15H2,1-3H3,(H,20,21). The molecule has 1 aromatic rings. The Hall–Kier alpha value is -0.870. The molecule has 3 unspecified atom stereocenters. The van der Waals surface area contributed by atoms with Crippen LogP contribution in [-0.2, 0) is 11.4 Å². The van der Waals surface area contributed by atoms with Crippen molar-refractivity contribution >= 4 is 11.4 Å². The molecule has 0 aromatic heterocycles. The van der Waals surface area contributed by atoms with Crippen molar-refractivity contribution < 1.29 is 12.9 Å². The summed E-state index contributed by atoms with van der Waals surface area (Å²) in [5, 5.41) is 0. The summed E-state index contributed by atoms with van der Waals surface area (Å²) in [4.78, 5) is 0. The van der Waals surface area contributed by atoms with Crippen LogP contribution in [0.2, 0.25) is 0 Å². The molecule has 132 valence electrons. The van der Waals surface area contributed by atoms with Gasteiger partial charge in [-0.25, -0.2) is 0 Å². The van der Waals surface area contributed by atoms with Crippen LogP contribution >= 0.6 is 0 Å². The molecular weight excluding hydrogens is 308 g/mol. The third kappa shape index (κ3) is 8.52. The van der Waals surface area contributed by atoms with Crippen LogP contribution in [0, 0.1) is 5.92 Å². The van der Waals surface area contributed by atoms with Gasteiger partial charge in [-0.3, -0.25) is 4.55 Å². The second-order valence-corrected chi connectivity index (χ2v) is 7.24. The van der Waals surface area contributed by atoms with E-state index >= 15 is 0 Å². The number of para-hydroxylation sites is 1. The van der Waals surface area contributed by atoms with Gasteiger partial charge in [-0.1, -0.05) is 83.9 Å². The lowest BCUT2D eigenvalue weighted by atomic mass is 9.88. The van der Waals surface area contributed by atoms with Gasteiger partial charge in [0.1, 0.15) is 5.75 Å². The number of hydrogen-bond donors (Lipinski definition) is 1. The molecular formula is C19H32O3S. The molecule has 1 aromatic carbocycles. The summed E-state index contributed by atoms with van der Waals surface area (Å²) in [7, 11) is 0. The van der Waals surface area contributed by atoms with Crippen molar-refractivity contribution in [3.05, 3.63) is 29.8 Å². The molecule has 4 heteroatoms. The van der Waals surface area contributed by atoms with Crippen molar-refractivity contribution in [2.45, 2.75) is 78.1 Å². The Balaban J connectivity index is 2.40. The number of benzene rings is 1. The van der Waals surface area contributed by atoms with Crippen LogP contribution in [0.25, 0.3) is 0 Å². The molecule has 0 saturated carbocycles. The largest absolute Gasteiger partial charge is 0.380 e. The molecule has 0 heterocycles. The fourth-order valence-corrected chi connectivity index (χ4v) is 3.47. The van der Waals surface area contributed by atoms with E-state index in [1.165, 1.54) is 44.9 Å². The van der Waals surface area contributed by atoms with Crippen molar-refractivity contribution in [3.8, 4) is 5.75 Å². The summed E-state index contributed by atoms with van der Waals surface area (Å²) >= 11 is -2.27. The average molecular weight is 341 g/mol. The normalized spacial score (nSPS) is 15.1. The highest BCUT2D eigenvalue weighted by molar-refractivity contribution is 7.74. The van der Waals surface area contributed by atoms with Gasteiger partial charge < -0.3 is 4.18 Å². The zero-order valence-electron chi connectivity index (χ0n) is 14.8. The predicted octanol–water partition coefficient (Wildman–Crippen LogP) is 6.08. The quantitative estimate of drug-likeness (QED) is 0.370. The minimum Gasteiger partial charge on any atom is -0.380 e. The van der Waals surface area contributed by atoms with Gasteiger partial charge in [0.2, 0.25) is 0 Å². The topological polar surface area (TPSA) is 46.5 Å². The average Bonchev–Trinajstić information content (AvgIpc) is 2.50. The van der Waals surface area contributed by atoms with Crippen LogP contribution in [0.15, 0.2) is 24.3 Å². The first-order valence-corrected chi connectivity index (χ1v) is 9.95.